The Hall–Kier alpha value is -5.41. The molecule has 8 aromatic rings. The normalized spacial score (nSPS) is 12.0. The van der Waals surface area contributed by atoms with Crippen LogP contribution in [0.1, 0.15) is 13.3 Å². The van der Waals surface area contributed by atoms with Crippen LogP contribution in [-0.4, -0.2) is 37.0 Å². The molecule has 0 fully saturated rings. The molecule has 0 saturated carbocycles. The van der Waals surface area contributed by atoms with Gasteiger partial charge in [0.25, 0.3) is 0 Å². The van der Waals surface area contributed by atoms with Crippen LogP contribution in [0.3, 0.4) is 0 Å². The second-order valence-electron chi connectivity index (χ2n) is 14.5. The highest BCUT2D eigenvalue weighted by atomic mass is 29.8. The number of rotatable bonds is 14. The lowest BCUT2D eigenvalue weighted by atomic mass is 10.4. The summed E-state index contributed by atoms with van der Waals surface area (Å²) >= 11 is 0. The summed E-state index contributed by atoms with van der Waals surface area (Å²) in [5.74, 6) is 0. The van der Waals surface area contributed by atoms with E-state index in [0.29, 0.717) is 6.61 Å². The molecule has 274 valence electrons. The van der Waals surface area contributed by atoms with Crippen LogP contribution in [0.5, 0.6) is 0 Å². The van der Waals surface area contributed by atoms with Crippen molar-refractivity contribution in [1.29, 1.82) is 0 Å². The molecule has 0 radical (unpaired) electrons. The van der Waals surface area contributed by atoms with Gasteiger partial charge in [0.15, 0.2) is 7.11 Å². The van der Waals surface area contributed by atoms with Crippen molar-refractivity contribution in [2.24, 2.45) is 0 Å². The summed E-state index contributed by atoms with van der Waals surface area (Å²) in [6, 6.07) is 93.5. The zero-order chi connectivity index (χ0) is 38.1. The quantitative estimate of drug-likeness (QED) is 0.124. The van der Waals surface area contributed by atoms with Gasteiger partial charge in [-0.15, -0.1) is 0 Å². The number of benzene rings is 8. The largest absolute Gasteiger partial charge is 0.410 e. The van der Waals surface area contributed by atoms with E-state index in [2.05, 4.69) is 250 Å². The van der Waals surface area contributed by atoms with Crippen molar-refractivity contribution >= 4 is 71.9 Å². The first-order chi connectivity index (χ1) is 27.8. The Kier molecular flexibility index (Phi) is 11.5. The first-order valence-electron chi connectivity index (χ1n) is 19.9. The van der Waals surface area contributed by atoms with Crippen LogP contribution < -0.4 is 41.5 Å². The van der Waals surface area contributed by atoms with Gasteiger partial charge < -0.3 is 4.43 Å². The van der Waals surface area contributed by atoms with Crippen LogP contribution in [0.2, 0.25) is 0 Å². The lowest BCUT2D eigenvalue weighted by molar-refractivity contribution is 0.326. The smallest absolute Gasteiger partial charge is 0.248 e. The minimum absolute atomic E-state index is 0.668. The molecule has 0 aliphatic rings. The maximum absolute atomic E-state index is 8.25. The minimum atomic E-state index is -3.42. The Morgan fingerprint density at radius 3 is 0.911 bits per heavy atom. The Bertz CT molecular complexity index is 2230. The van der Waals surface area contributed by atoms with Gasteiger partial charge in [0.2, 0.25) is 7.83 Å². The third-order valence-corrected chi connectivity index (χ3v) is 61.1. The third kappa shape index (κ3) is 6.35. The van der Waals surface area contributed by atoms with Crippen molar-refractivity contribution in [1.82, 2.24) is 0 Å². The van der Waals surface area contributed by atoms with Crippen molar-refractivity contribution in [3.63, 3.8) is 0 Å². The zero-order valence-electron chi connectivity index (χ0n) is 32.0. The molecule has 0 saturated heterocycles. The standard InChI is InChI=1S/C51H48OSi4/c1-2-43-52-54(46-31-15-5-16-32-46,47-33-17-6-18-34-47)56(50-39-23-9-24-40-50,51-41-25-10-26-42-51)55(48-35-19-7-20-36-48,49-37-21-8-22-38-49)53(44-27-11-3-12-28-44)45-29-13-4-14-30-45/h3-42,53H,2,43H2,1H3. The first-order valence-corrected chi connectivity index (χ1v) is 30.7. The van der Waals surface area contributed by atoms with Gasteiger partial charge in [0.1, 0.15) is 15.4 Å². The van der Waals surface area contributed by atoms with Crippen molar-refractivity contribution in [3.05, 3.63) is 243 Å². The van der Waals surface area contributed by atoms with Gasteiger partial charge in [0.05, 0.1) is 0 Å². The Balaban J connectivity index is 1.77. The van der Waals surface area contributed by atoms with E-state index in [1.165, 1.54) is 41.5 Å². The fraction of sp³-hybridized carbons (Fsp3) is 0.0588. The van der Waals surface area contributed by atoms with Crippen LogP contribution in [-0.2, 0) is 4.43 Å². The fourth-order valence-corrected chi connectivity index (χ4v) is 79.3. The summed E-state index contributed by atoms with van der Waals surface area (Å²) in [6.45, 7) is 2.94. The molecule has 0 aliphatic heterocycles. The van der Waals surface area contributed by atoms with Gasteiger partial charge >= 0.3 is 0 Å². The van der Waals surface area contributed by atoms with Crippen LogP contribution in [0.15, 0.2) is 243 Å². The first kappa shape index (κ1) is 37.5. The van der Waals surface area contributed by atoms with Crippen LogP contribution in [0, 0.1) is 0 Å². The molecule has 0 aromatic heterocycles. The second-order valence-corrected chi connectivity index (χ2v) is 41.5. The second kappa shape index (κ2) is 17.2. The molecule has 0 amide bonds. The molecule has 0 atom stereocenters. The monoisotopic (exact) mass is 788 g/mol. The van der Waals surface area contributed by atoms with E-state index in [0.717, 1.165) is 6.42 Å². The average molecular weight is 789 g/mol. The molecule has 0 unspecified atom stereocenters. The maximum Gasteiger partial charge on any atom is 0.248 e. The van der Waals surface area contributed by atoms with Gasteiger partial charge in [-0.25, -0.2) is 0 Å². The van der Waals surface area contributed by atoms with Crippen LogP contribution in [0.25, 0.3) is 0 Å². The highest BCUT2D eigenvalue weighted by Crippen LogP contribution is 2.33. The van der Waals surface area contributed by atoms with E-state index in [1.807, 2.05) is 0 Å². The van der Waals surface area contributed by atoms with Gasteiger partial charge in [-0.05, 0) is 16.8 Å². The molecule has 0 spiro atoms. The molecule has 56 heavy (non-hydrogen) atoms. The van der Waals surface area contributed by atoms with E-state index >= 15 is 0 Å². The average Bonchev–Trinajstić information content (AvgIpc) is 3.29. The van der Waals surface area contributed by atoms with Gasteiger partial charge in [0, 0.05) is 6.61 Å². The number of hydrogen-bond donors (Lipinski definition) is 0. The van der Waals surface area contributed by atoms with Gasteiger partial charge in [-0.1, -0.05) is 281 Å². The topological polar surface area (TPSA) is 9.23 Å². The van der Waals surface area contributed by atoms with Crippen molar-refractivity contribution in [2.75, 3.05) is 6.61 Å². The Morgan fingerprint density at radius 1 is 0.339 bits per heavy atom. The van der Waals surface area contributed by atoms with Crippen molar-refractivity contribution in [2.45, 2.75) is 13.3 Å². The summed E-state index contributed by atoms with van der Waals surface area (Å²) in [6.07, 6.45) is 0.923. The molecule has 8 aromatic carbocycles. The summed E-state index contributed by atoms with van der Waals surface area (Å²) in [7, 11) is -12.4. The fourth-order valence-electron chi connectivity index (χ4n) is 9.69. The predicted molar refractivity (Wildman–Crippen MR) is 249 cm³/mol. The number of hydrogen-bond acceptors (Lipinski definition) is 1. The summed E-state index contributed by atoms with van der Waals surface area (Å²) in [4.78, 5) is 0. The Morgan fingerprint density at radius 2 is 0.607 bits per heavy atom. The van der Waals surface area contributed by atoms with Gasteiger partial charge in [-0.3, -0.25) is 0 Å². The SMILES string of the molecule is CCCO[Si](c1ccccc1)(c1ccccc1)[Si](c1ccccc1)(c1ccccc1)[Si](c1ccccc1)(c1ccccc1)[SiH](c1ccccc1)c1ccccc1. The maximum atomic E-state index is 8.25. The van der Waals surface area contributed by atoms with Crippen LogP contribution in [0.4, 0.5) is 0 Å². The molecule has 5 heteroatoms. The molecular weight excluding hydrogens is 741 g/mol. The Labute approximate surface area is 337 Å². The lowest BCUT2D eigenvalue weighted by Gasteiger charge is -2.60. The predicted octanol–water partition coefficient (Wildman–Crippen LogP) is 5.98. The molecule has 8 rings (SSSR count). The lowest BCUT2D eigenvalue weighted by Crippen LogP contribution is -3.04. The molecule has 0 heterocycles. The zero-order valence-corrected chi connectivity index (χ0v) is 36.1. The van der Waals surface area contributed by atoms with Crippen LogP contribution >= 0.6 is 0 Å². The van der Waals surface area contributed by atoms with E-state index in [9.17, 15) is 0 Å². The van der Waals surface area contributed by atoms with Crippen molar-refractivity contribution in [3.8, 4) is 0 Å². The van der Waals surface area contributed by atoms with Gasteiger partial charge in [-0.2, -0.15) is 0 Å². The highest BCUT2D eigenvalue weighted by Gasteiger charge is 2.75. The van der Waals surface area contributed by atoms with E-state index < -0.39 is 30.4 Å². The summed E-state index contributed by atoms with van der Waals surface area (Å²) < 4.78 is 8.25. The third-order valence-electron chi connectivity index (χ3n) is 11.6. The molecule has 0 bridgehead atoms. The highest BCUT2D eigenvalue weighted by molar-refractivity contribution is 7.96. The van der Waals surface area contributed by atoms with E-state index in [-0.39, 0.29) is 0 Å². The molecule has 0 N–H and O–H groups in total. The summed E-state index contributed by atoms with van der Waals surface area (Å²) in [5, 5.41) is 11.5. The molecule has 0 aliphatic carbocycles. The van der Waals surface area contributed by atoms with E-state index in [1.54, 1.807) is 0 Å². The summed E-state index contributed by atoms with van der Waals surface area (Å²) in [5.41, 5.74) is 0. The molecular formula is C51H48OSi4. The van der Waals surface area contributed by atoms with E-state index in [4.69, 9.17) is 4.43 Å². The van der Waals surface area contributed by atoms with Crippen molar-refractivity contribution < 1.29 is 4.43 Å². The minimum Gasteiger partial charge on any atom is -0.410 e. The molecule has 1 nitrogen and oxygen atoms in total.